The Balaban J connectivity index is 2.66. The molecule has 0 fully saturated rings. The van der Waals surface area contributed by atoms with Crippen molar-refractivity contribution < 1.29 is 0 Å². The van der Waals surface area contributed by atoms with Crippen molar-refractivity contribution in [1.82, 2.24) is 9.78 Å². The number of nitrogens with zero attached hydrogens (tertiary/aromatic N) is 2. The Morgan fingerprint density at radius 3 is 2.92 bits per heavy atom. The van der Waals surface area contributed by atoms with E-state index in [0.717, 1.165) is 12.8 Å². The minimum Gasteiger partial charge on any atom is -0.328 e. The zero-order valence-corrected chi connectivity index (χ0v) is 7.96. The summed E-state index contributed by atoms with van der Waals surface area (Å²) in [6, 6.07) is 0.294. The zero-order chi connectivity index (χ0) is 8.97. The van der Waals surface area contributed by atoms with Crippen molar-refractivity contribution in [3.05, 3.63) is 17.4 Å². The lowest BCUT2D eigenvalue weighted by atomic mass is 10.2. The molecule has 4 heteroatoms. The van der Waals surface area contributed by atoms with Crippen molar-refractivity contribution in [2.75, 3.05) is 6.54 Å². The number of halogens is 1. The topological polar surface area (TPSA) is 43.8 Å². The monoisotopic (exact) mass is 187 g/mol. The van der Waals surface area contributed by atoms with Gasteiger partial charge in [0.2, 0.25) is 0 Å². The fourth-order valence-electron chi connectivity index (χ4n) is 1.21. The number of hydrogen-bond acceptors (Lipinski definition) is 2. The fraction of sp³-hybridized carbons (Fsp3) is 0.625. The van der Waals surface area contributed by atoms with Crippen LogP contribution >= 0.6 is 11.6 Å². The first-order valence-electron chi connectivity index (χ1n) is 4.17. The lowest BCUT2D eigenvalue weighted by molar-refractivity contribution is 0.429. The molecule has 68 valence electrons. The molecule has 0 spiro atoms. The van der Waals surface area contributed by atoms with Gasteiger partial charge in [0.15, 0.2) is 0 Å². The summed E-state index contributed by atoms with van der Waals surface area (Å²) in [5, 5.41) is 4.78. The van der Waals surface area contributed by atoms with Gasteiger partial charge in [0.1, 0.15) is 0 Å². The van der Waals surface area contributed by atoms with Crippen LogP contribution in [-0.2, 0) is 0 Å². The molecule has 0 amide bonds. The van der Waals surface area contributed by atoms with E-state index in [1.165, 1.54) is 0 Å². The average Bonchev–Trinajstić information content (AvgIpc) is 2.47. The Bertz CT molecular complexity index is 234. The van der Waals surface area contributed by atoms with Crippen molar-refractivity contribution in [3.8, 4) is 0 Å². The van der Waals surface area contributed by atoms with Crippen LogP contribution in [-0.4, -0.2) is 16.3 Å². The Labute approximate surface area is 77.5 Å². The molecule has 1 aromatic rings. The van der Waals surface area contributed by atoms with Crippen LogP contribution in [0.3, 0.4) is 0 Å². The summed E-state index contributed by atoms with van der Waals surface area (Å²) in [6.45, 7) is 2.75. The molecular formula is C8H14ClN3. The van der Waals surface area contributed by atoms with E-state index >= 15 is 0 Å². The van der Waals surface area contributed by atoms with Gasteiger partial charge in [0.25, 0.3) is 0 Å². The molecule has 12 heavy (non-hydrogen) atoms. The van der Waals surface area contributed by atoms with Crippen molar-refractivity contribution in [2.24, 2.45) is 5.73 Å². The summed E-state index contributed by atoms with van der Waals surface area (Å²) in [4.78, 5) is 0. The molecule has 0 radical (unpaired) electrons. The maximum atomic E-state index is 5.74. The second-order valence-electron chi connectivity index (χ2n) is 2.82. The largest absolute Gasteiger partial charge is 0.328 e. The van der Waals surface area contributed by atoms with Crippen molar-refractivity contribution in [3.63, 3.8) is 0 Å². The molecular weight excluding hydrogens is 174 g/mol. The first kappa shape index (κ1) is 9.55. The third-order valence-corrected chi connectivity index (χ3v) is 2.03. The maximum absolute atomic E-state index is 5.74. The van der Waals surface area contributed by atoms with Crippen LogP contribution in [0.15, 0.2) is 12.4 Å². The Morgan fingerprint density at radius 2 is 2.50 bits per heavy atom. The van der Waals surface area contributed by atoms with E-state index in [4.69, 9.17) is 17.3 Å². The van der Waals surface area contributed by atoms with Crippen molar-refractivity contribution >= 4 is 11.6 Å². The molecule has 0 aliphatic carbocycles. The van der Waals surface area contributed by atoms with E-state index in [1.807, 2.05) is 10.9 Å². The highest BCUT2D eigenvalue weighted by molar-refractivity contribution is 6.30. The van der Waals surface area contributed by atoms with Gasteiger partial charge in [-0.05, 0) is 6.42 Å². The molecule has 0 bridgehead atoms. The standard InChI is InChI=1S/C8H14ClN3/c1-2-3-8(4-10)12-6-7(9)5-11-12/h5-6,8H,2-4,10H2,1H3. The van der Waals surface area contributed by atoms with Crippen LogP contribution in [0, 0.1) is 0 Å². The molecule has 0 saturated carbocycles. The molecule has 0 aliphatic heterocycles. The van der Waals surface area contributed by atoms with Crippen LogP contribution in [0.1, 0.15) is 25.8 Å². The smallest absolute Gasteiger partial charge is 0.0785 e. The van der Waals surface area contributed by atoms with Gasteiger partial charge < -0.3 is 5.73 Å². The van der Waals surface area contributed by atoms with Gasteiger partial charge in [-0.3, -0.25) is 4.68 Å². The third kappa shape index (κ3) is 2.22. The minimum atomic E-state index is 0.294. The highest BCUT2D eigenvalue weighted by Crippen LogP contribution is 2.14. The predicted molar refractivity (Wildman–Crippen MR) is 50.2 cm³/mol. The van der Waals surface area contributed by atoms with Crippen LogP contribution in [0.2, 0.25) is 5.02 Å². The van der Waals surface area contributed by atoms with E-state index in [9.17, 15) is 0 Å². The summed E-state index contributed by atoms with van der Waals surface area (Å²) in [7, 11) is 0. The molecule has 1 rings (SSSR count). The van der Waals surface area contributed by atoms with Crippen LogP contribution < -0.4 is 5.73 Å². The molecule has 1 unspecified atom stereocenters. The number of aromatic nitrogens is 2. The quantitative estimate of drug-likeness (QED) is 0.782. The second-order valence-corrected chi connectivity index (χ2v) is 3.25. The molecule has 0 aliphatic rings. The normalized spacial score (nSPS) is 13.2. The number of hydrogen-bond donors (Lipinski definition) is 1. The summed E-state index contributed by atoms with van der Waals surface area (Å²) in [5.41, 5.74) is 5.60. The van der Waals surface area contributed by atoms with Gasteiger partial charge in [-0.1, -0.05) is 24.9 Å². The molecule has 3 nitrogen and oxygen atoms in total. The molecule has 1 atom stereocenters. The van der Waals surface area contributed by atoms with Gasteiger partial charge in [-0.15, -0.1) is 0 Å². The molecule has 0 saturated heterocycles. The van der Waals surface area contributed by atoms with E-state index < -0.39 is 0 Å². The van der Waals surface area contributed by atoms with Crippen molar-refractivity contribution in [2.45, 2.75) is 25.8 Å². The van der Waals surface area contributed by atoms with Crippen LogP contribution in [0.5, 0.6) is 0 Å². The first-order chi connectivity index (χ1) is 5.77. The molecule has 1 heterocycles. The Kier molecular flexibility index (Phi) is 3.56. The number of nitrogens with two attached hydrogens (primary N) is 1. The predicted octanol–water partition coefficient (Wildman–Crippen LogP) is 1.84. The average molecular weight is 188 g/mol. The minimum absolute atomic E-state index is 0.294. The van der Waals surface area contributed by atoms with Gasteiger partial charge in [0.05, 0.1) is 17.3 Å². The lowest BCUT2D eigenvalue weighted by Gasteiger charge is -2.13. The van der Waals surface area contributed by atoms with Crippen LogP contribution in [0.25, 0.3) is 0 Å². The van der Waals surface area contributed by atoms with E-state index in [1.54, 1.807) is 6.20 Å². The van der Waals surface area contributed by atoms with E-state index in [-0.39, 0.29) is 0 Å². The zero-order valence-electron chi connectivity index (χ0n) is 7.20. The van der Waals surface area contributed by atoms with Crippen LogP contribution in [0.4, 0.5) is 0 Å². The Hall–Kier alpha value is -0.540. The van der Waals surface area contributed by atoms with Gasteiger partial charge in [-0.2, -0.15) is 5.10 Å². The number of rotatable bonds is 4. The van der Waals surface area contributed by atoms with E-state index in [0.29, 0.717) is 17.6 Å². The summed E-state index contributed by atoms with van der Waals surface area (Å²) in [5.74, 6) is 0. The summed E-state index contributed by atoms with van der Waals surface area (Å²) in [6.07, 6.45) is 5.61. The first-order valence-corrected chi connectivity index (χ1v) is 4.55. The highest BCUT2D eigenvalue weighted by atomic mass is 35.5. The molecule has 2 N–H and O–H groups in total. The lowest BCUT2D eigenvalue weighted by Crippen LogP contribution is -2.19. The molecule has 1 aromatic heterocycles. The maximum Gasteiger partial charge on any atom is 0.0785 e. The van der Waals surface area contributed by atoms with Crippen molar-refractivity contribution in [1.29, 1.82) is 0 Å². The summed E-state index contributed by atoms with van der Waals surface area (Å²) >= 11 is 5.74. The Morgan fingerprint density at radius 1 is 1.75 bits per heavy atom. The SMILES string of the molecule is CCCC(CN)n1cc(Cl)cn1. The second kappa shape index (κ2) is 4.48. The highest BCUT2D eigenvalue weighted by Gasteiger charge is 2.07. The third-order valence-electron chi connectivity index (χ3n) is 1.84. The fourth-order valence-corrected chi connectivity index (χ4v) is 1.35. The van der Waals surface area contributed by atoms with Gasteiger partial charge in [0, 0.05) is 12.7 Å². The molecule has 0 aromatic carbocycles. The van der Waals surface area contributed by atoms with Gasteiger partial charge >= 0.3 is 0 Å². The van der Waals surface area contributed by atoms with E-state index in [2.05, 4.69) is 12.0 Å². The summed E-state index contributed by atoms with van der Waals surface area (Å²) < 4.78 is 1.84. The van der Waals surface area contributed by atoms with Gasteiger partial charge in [-0.25, -0.2) is 0 Å².